The largest absolute Gasteiger partial charge is 0.444 e. The molecular formula is C22H28IN5O2. The van der Waals surface area contributed by atoms with Crippen molar-refractivity contribution in [1.29, 1.82) is 0 Å². The number of imidazole rings is 1. The molecule has 1 fully saturated rings. The Morgan fingerprint density at radius 3 is 2.63 bits per heavy atom. The highest BCUT2D eigenvalue weighted by Crippen LogP contribution is 2.40. The van der Waals surface area contributed by atoms with Crippen molar-refractivity contribution in [3.8, 4) is 0 Å². The van der Waals surface area contributed by atoms with E-state index in [1.165, 1.54) is 12.8 Å². The van der Waals surface area contributed by atoms with Crippen molar-refractivity contribution in [2.45, 2.75) is 52.1 Å². The van der Waals surface area contributed by atoms with E-state index >= 15 is 0 Å². The minimum Gasteiger partial charge on any atom is -0.444 e. The molecule has 1 aliphatic rings. The van der Waals surface area contributed by atoms with Crippen molar-refractivity contribution in [2.75, 3.05) is 10.2 Å². The molecular weight excluding hydrogens is 493 g/mol. The molecule has 160 valence electrons. The number of rotatable bonds is 3. The fourth-order valence-corrected chi connectivity index (χ4v) is 3.20. The summed E-state index contributed by atoms with van der Waals surface area (Å²) in [6.45, 7) is 7.44. The van der Waals surface area contributed by atoms with E-state index in [1.807, 2.05) is 44.8 Å². The van der Waals surface area contributed by atoms with Crippen molar-refractivity contribution in [2.24, 2.45) is 5.73 Å². The summed E-state index contributed by atoms with van der Waals surface area (Å²) in [4.78, 5) is 23.3. The quantitative estimate of drug-likeness (QED) is 0.352. The normalized spacial score (nSPS) is 14.4. The zero-order chi connectivity index (χ0) is 22.1. The van der Waals surface area contributed by atoms with Gasteiger partial charge in [0.2, 0.25) is 0 Å². The van der Waals surface area contributed by atoms with Gasteiger partial charge in [-0.2, -0.15) is 0 Å². The minimum atomic E-state index is -0.571. The molecule has 1 saturated carbocycles. The number of anilines is 1. The molecule has 4 rings (SSSR count). The first-order chi connectivity index (χ1) is 14.2. The van der Waals surface area contributed by atoms with Crippen LogP contribution in [-0.2, 0) is 4.74 Å². The highest BCUT2D eigenvalue weighted by Gasteiger charge is 2.27. The van der Waals surface area contributed by atoms with Gasteiger partial charge < -0.3 is 10.5 Å². The lowest BCUT2D eigenvalue weighted by molar-refractivity contribution is 0.0635. The predicted octanol–water partition coefficient (Wildman–Crippen LogP) is 5.48. The lowest BCUT2D eigenvalue weighted by atomic mass is 10.1. The lowest BCUT2D eigenvalue weighted by Crippen LogP contribution is -2.27. The second-order valence-corrected chi connectivity index (χ2v) is 8.30. The molecule has 0 atom stereocenters. The first kappa shape index (κ1) is 22.3. The van der Waals surface area contributed by atoms with E-state index in [4.69, 9.17) is 15.5 Å². The molecule has 0 aliphatic heterocycles. The molecule has 0 spiro atoms. The van der Waals surface area contributed by atoms with Crippen LogP contribution in [0.15, 0.2) is 30.7 Å². The number of fused-ring (bicyclic) bond motifs is 3. The van der Waals surface area contributed by atoms with Gasteiger partial charge in [0.15, 0.2) is 0 Å². The maximum atomic E-state index is 12.1. The number of allylic oxidation sites excluding steroid dienone is 1. The third-order valence-electron chi connectivity index (χ3n) is 4.74. The Bertz CT molecular complexity index is 1110. The summed E-state index contributed by atoms with van der Waals surface area (Å²) in [5.74, 6) is 0.967. The Kier molecular flexibility index (Phi) is 6.54. The standard InChI is InChI=1S/C21H25N5O2.CH3I/c1-12(9-22)15-7-14-10-23-18(25-20(27)28-21(2,3)4)8-17(14)26-11-16(13-5-6-13)24-19(15)26;1-2/h7-11,13H,5-6,22H2,1-4H3,(H,23,25,27);1H3/b12-9+;. The summed E-state index contributed by atoms with van der Waals surface area (Å²) in [6, 6.07) is 3.88. The molecule has 0 bridgehead atoms. The molecule has 8 heteroatoms. The highest BCUT2D eigenvalue weighted by atomic mass is 127. The number of carbonyl (C=O) groups excluding carboxylic acids is 1. The second kappa shape index (κ2) is 8.79. The first-order valence-electron chi connectivity index (χ1n) is 9.83. The third kappa shape index (κ3) is 4.85. The maximum absolute atomic E-state index is 12.1. The number of pyridine rings is 2. The summed E-state index contributed by atoms with van der Waals surface area (Å²) in [6.07, 6.45) is 7.24. The summed E-state index contributed by atoms with van der Waals surface area (Å²) in [5, 5.41) is 3.65. The number of alkyl halides is 1. The highest BCUT2D eigenvalue weighted by molar-refractivity contribution is 14.1. The Hall–Kier alpha value is -2.36. The number of aromatic nitrogens is 3. The van der Waals surface area contributed by atoms with Gasteiger partial charge in [-0.3, -0.25) is 9.72 Å². The van der Waals surface area contributed by atoms with Crippen molar-refractivity contribution >= 4 is 56.6 Å². The van der Waals surface area contributed by atoms with Crippen LogP contribution >= 0.6 is 22.6 Å². The van der Waals surface area contributed by atoms with Crippen molar-refractivity contribution in [3.05, 3.63) is 42.0 Å². The molecule has 3 aromatic rings. The summed E-state index contributed by atoms with van der Waals surface area (Å²) in [7, 11) is 0. The van der Waals surface area contributed by atoms with E-state index in [0.29, 0.717) is 11.7 Å². The van der Waals surface area contributed by atoms with Crippen LogP contribution in [0.5, 0.6) is 0 Å². The van der Waals surface area contributed by atoms with Crippen molar-refractivity contribution in [1.82, 2.24) is 14.4 Å². The summed E-state index contributed by atoms with van der Waals surface area (Å²) < 4.78 is 7.38. The molecule has 1 aliphatic carbocycles. The number of nitrogens with one attached hydrogen (secondary N) is 1. The van der Waals surface area contributed by atoms with E-state index < -0.39 is 11.7 Å². The Balaban J connectivity index is 0.00000124. The Morgan fingerprint density at radius 1 is 1.33 bits per heavy atom. The molecule has 0 saturated heterocycles. The molecule has 3 N–H and O–H groups in total. The molecule has 30 heavy (non-hydrogen) atoms. The molecule has 3 aromatic heterocycles. The SMILES string of the molecule is C/C(=C\N)c1cc2cnc(NC(=O)OC(C)(C)C)cc2n2cc(C3CC3)nc12.CI. The fourth-order valence-electron chi connectivity index (χ4n) is 3.20. The smallest absolute Gasteiger partial charge is 0.413 e. The van der Waals surface area contributed by atoms with Crippen LogP contribution in [0.3, 0.4) is 0 Å². The van der Waals surface area contributed by atoms with Gasteiger partial charge in [-0.15, -0.1) is 0 Å². The van der Waals surface area contributed by atoms with Gasteiger partial charge in [-0.25, -0.2) is 14.8 Å². The lowest BCUT2D eigenvalue weighted by Gasteiger charge is -2.19. The van der Waals surface area contributed by atoms with Crippen LogP contribution in [-0.4, -0.2) is 31.0 Å². The number of hydrogen-bond acceptors (Lipinski definition) is 5. The predicted molar refractivity (Wildman–Crippen MR) is 130 cm³/mol. The summed E-state index contributed by atoms with van der Waals surface area (Å²) >= 11 is 2.15. The minimum absolute atomic E-state index is 0.434. The number of nitrogens with two attached hydrogens (primary N) is 1. The van der Waals surface area contributed by atoms with E-state index in [0.717, 1.165) is 33.4 Å². The van der Waals surface area contributed by atoms with Crippen LogP contribution in [0.1, 0.15) is 57.7 Å². The molecule has 3 heterocycles. The average molecular weight is 521 g/mol. The van der Waals surface area contributed by atoms with Crippen LogP contribution in [0.25, 0.3) is 22.1 Å². The number of halogens is 1. The van der Waals surface area contributed by atoms with Crippen LogP contribution < -0.4 is 11.1 Å². The van der Waals surface area contributed by atoms with Gasteiger partial charge in [0.25, 0.3) is 0 Å². The zero-order valence-corrected chi connectivity index (χ0v) is 20.1. The van der Waals surface area contributed by atoms with E-state index in [-0.39, 0.29) is 0 Å². The van der Waals surface area contributed by atoms with E-state index in [1.54, 1.807) is 12.4 Å². The molecule has 1 amide bonds. The van der Waals surface area contributed by atoms with E-state index in [9.17, 15) is 4.79 Å². The third-order valence-corrected chi connectivity index (χ3v) is 4.74. The number of hydrogen-bond donors (Lipinski definition) is 2. The number of nitrogens with zero attached hydrogens (tertiary/aromatic N) is 3. The van der Waals surface area contributed by atoms with Gasteiger partial charge in [-0.1, -0.05) is 22.6 Å². The summed E-state index contributed by atoms with van der Waals surface area (Å²) in [5.41, 5.74) is 10.0. The number of ether oxygens (including phenoxy) is 1. The number of carbonyl (C=O) groups is 1. The fraction of sp³-hybridized carbons (Fsp3) is 0.409. The molecule has 7 nitrogen and oxygen atoms in total. The van der Waals surface area contributed by atoms with Crippen molar-refractivity contribution < 1.29 is 9.53 Å². The van der Waals surface area contributed by atoms with Crippen molar-refractivity contribution in [3.63, 3.8) is 0 Å². The second-order valence-electron chi connectivity index (χ2n) is 8.30. The van der Waals surface area contributed by atoms with Gasteiger partial charge >= 0.3 is 6.09 Å². The zero-order valence-electron chi connectivity index (χ0n) is 18.0. The van der Waals surface area contributed by atoms with Crippen LogP contribution in [0.2, 0.25) is 0 Å². The van der Waals surface area contributed by atoms with Crippen LogP contribution in [0, 0.1) is 0 Å². The van der Waals surface area contributed by atoms with Gasteiger partial charge in [0.05, 0.1) is 11.2 Å². The average Bonchev–Trinajstić information content (AvgIpc) is 3.45. The molecule has 0 aromatic carbocycles. The first-order valence-corrected chi connectivity index (χ1v) is 12.0. The van der Waals surface area contributed by atoms with Gasteiger partial charge in [-0.05, 0) is 63.3 Å². The Morgan fingerprint density at radius 2 is 2.03 bits per heavy atom. The van der Waals surface area contributed by atoms with Gasteiger partial charge in [0, 0.05) is 35.3 Å². The monoisotopic (exact) mass is 521 g/mol. The van der Waals surface area contributed by atoms with E-state index in [2.05, 4.69) is 43.5 Å². The number of amides is 1. The Labute approximate surface area is 190 Å². The maximum Gasteiger partial charge on any atom is 0.413 e. The van der Waals surface area contributed by atoms with Crippen LogP contribution in [0.4, 0.5) is 10.6 Å². The topological polar surface area (TPSA) is 94.5 Å². The molecule has 0 radical (unpaired) electrons. The molecule has 0 unspecified atom stereocenters. The van der Waals surface area contributed by atoms with Gasteiger partial charge in [0.1, 0.15) is 17.1 Å².